The Morgan fingerprint density at radius 1 is 1.06 bits per heavy atom. The van der Waals surface area contributed by atoms with Crippen LogP contribution >= 0.6 is 0 Å². The molecule has 0 radical (unpaired) electrons. The zero-order valence-electron chi connectivity index (χ0n) is 11.2. The van der Waals surface area contributed by atoms with E-state index in [4.69, 9.17) is 5.73 Å². The molecule has 1 heterocycles. The Labute approximate surface area is 105 Å². The number of nitrogens with two attached hydrogens (primary N) is 1. The van der Waals surface area contributed by atoms with Gasteiger partial charge >= 0.3 is 0 Å². The molecule has 0 atom stereocenters. The summed E-state index contributed by atoms with van der Waals surface area (Å²) in [6.45, 7) is 4.73. The number of carbonyl (C=O) groups excluding carboxylic acids is 1. The van der Waals surface area contributed by atoms with Crippen LogP contribution in [0.15, 0.2) is 0 Å². The van der Waals surface area contributed by atoms with Crippen molar-refractivity contribution in [2.45, 2.75) is 38.5 Å². The van der Waals surface area contributed by atoms with Crippen molar-refractivity contribution in [2.24, 2.45) is 5.73 Å². The fourth-order valence-electron chi connectivity index (χ4n) is 2.23. The molecule has 0 spiro atoms. The molecule has 1 aliphatic heterocycles. The average molecular weight is 241 g/mol. The highest BCUT2D eigenvalue weighted by atomic mass is 16.2. The van der Waals surface area contributed by atoms with Gasteiger partial charge in [-0.1, -0.05) is 12.8 Å². The highest BCUT2D eigenvalue weighted by molar-refractivity contribution is 5.76. The SMILES string of the molecule is CN1CCCN(C(=O)CCCCCCN)CC1. The van der Waals surface area contributed by atoms with Crippen LogP contribution < -0.4 is 5.73 Å². The second-order valence-electron chi connectivity index (χ2n) is 4.99. The van der Waals surface area contributed by atoms with Gasteiger partial charge in [0.15, 0.2) is 0 Å². The Bertz CT molecular complexity index is 221. The summed E-state index contributed by atoms with van der Waals surface area (Å²) in [4.78, 5) is 16.3. The van der Waals surface area contributed by atoms with Crippen LogP contribution in [0.5, 0.6) is 0 Å². The standard InChI is InChI=1S/C13H27N3O/c1-15-9-6-10-16(12-11-15)13(17)7-4-2-3-5-8-14/h2-12,14H2,1H3. The summed E-state index contributed by atoms with van der Waals surface area (Å²) < 4.78 is 0. The lowest BCUT2D eigenvalue weighted by molar-refractivity contribution is -0.131. The van der Waals surface area contributed by atoms with E-state index < -0.39 is 0 Å². The molecule has 4 nitrogen and oxygen atoms in total. The molecule has 4 heteroatoms. The lowest BCUT2D eigenvalue weighted by Crippen LogP contribution is -2.34. The molecule has 0 unspecified atom stereocenters. The third-order valence-corrected chi connectivity index (χ3v) is 3.42. The summed E-state index contributed by atoms with van der Waals surface area (Å²) in [5.41, 5.74) is 5.44. The van der Waals surface area contributed by atoms with Crippen LogP contribution in [0.2, 0.25) is 0 Å². The first-order chi connectivity index (χ1) is 8.24. The Morgan fingerprint density at radius 3 is 2.59 bits per heavy atom. The molecule has 0 bridgehead atoms. The largest absolute Gasteiger partial charge is 0.341 e. The van der Waals surface area contributed by atoms with E-state index in [1.54, 1.807) is 0 Å². The second-order valence-corrected chi connectivity index (χ2v) is 4.99. The molecular formula is C13H27N3O. The predicted octanol–water partition coefficient (Wildman–Crippen LogP) is 1.06. The minimum Gasteiger partial charge on any atom is -0.341 e. The molecule has 1 aliphatic rings. The third-order valence-electron chi connectivity index (χ3n) is 3.42. The van der Waals surface area contributed by atoms with Gasteiger partial charge in [-0.2, -0.15) is 0 Å². The minimum absolute atomic E-state index is 0.341. The number of rotatable bonds is 6. The summed E-state index contributed by atoms with van der Waals surface area (Å²) in [5.74, 6) is 0.341. The van der Waals surface area contributed by atoms with Crippen molar-refractivity contribution in [3.05, 3.63) is 0 Å². The summed E-state index contributed by atoms with van der Waals surface area (Å²) in [6.07, 6.45) is 6.22. The van der Waals surface area contributed by atoms with Gasteiger partial charge in [-0.25, -0.2) is 0 Å². The molecule has 0 aliphatic carbocycles. The number of unbranched alkanes of at least 4 members (excludes halogenated alkanes) is 3. The van der Waals surface area contributed by atoms with E-state index in [1.807, 2.05) is 4.90 Å². The van der Waals surface area contributed by atoms with E-state index in [2.05, 4.69) is 11.9 Å². The van der Waals surface area contributed by atoms with E-state index in [0.717, 1.165) is 64.8 Å². The first-order valence-corrected chi connectivity index (χ1v) is 6.90. The molecule has 2 N–H and O–H groups in total. The monoisotopic (exact) mass is 241 g/mol. The van der Waals surface area contributed by atoms with Crippen molar-refractivity contribution in [3.8, 4) is 0 Å². The van der Waals surface area contributed by atoms with E-state index in [-0.39, 0.29) is 0 Å². The van der Waals surface area contributed by atoms with Crippen LogP contribution in [0.1, 0.15) is 38.5 Å². The van der Waals surface area contributed by atoms with Crippen LogP contribution in [0.4, 0.5) is 0 Å². The number of nitrogens with zero attached hydrogens (tertiary/aromatic N) is 2. The molecule has 0 aromatic heterocycles. The Kier molecular flexibility index (Phi) is 7.21. The van der Waals surface area contributed by atoms with Gasteiger partial charge in [0.25, 0.3) is 0 Å². The topological polar surface area (TPSA) is 49.6 Å². The zero-order chi connectivity index (χ0) is 12.5. The van der Waals surface area contributed by atoms with Gasteiger partial charge in [-0.15, -0.1) is 0 Å². The molecule has 100 valence electrons. The van der Waals surface area contributed by atoms with Gasteiger partial charge in [-0.05, 0) is 39.4 Å². The molecule has 17 heavy (non-hydrogen) atoms. The fourth-order valence-corrected chi connectivity index (χ4v) is 2.23. The number of hydrogen-bond acceptors (Lipinski definition) is 3. The third kappa shape index (κ3) is 6.03. The lowest BCUT2D eigenvalue weighted by atomic mass is 10.1. The van der Waals surface area contributed by atoms with Gasteiger partial charge in [0, 0.05) is 26.1 Å². The van der Waals surface area contributed by atoms with Crippen LogP contribution in [0.3, 0.4) is 0 Å². The quantitative estimate of drug-likeness (QED) is 0.707. The average Bonchev–Trinajstić information content (AvgIpc) is 2.53. The van der Waals surface area contributed by atoms with Gasteiger partial charge in [0.2, 0.25) is 5.91 Å². The molecule has 1 fully saturated rings. The van der Waals surface area contributed by atoms with Gasteiger partial charge in [-0.3, -0.25) is 4.79 Å². The van der Waals surface area contributed by atoms with Gasteiger partial charge < -0.3 is 15.5 Å². The van der Waals surface area contributed by atoms with Crippen molar-refractivity contribution in [1.29, 1.82) is 0 Å². The zero-order valence-corrected chi connectivity index (χ0v) is 11.2. The van der Waals surface area contributed by atoms with Gasteiger partial charge in [0.1, 0.15) is 0 Å². The first kappa shape index (κ1) is 14.5. The number of hydrogen-bond donors (Lipinski definition) is 1. The maximum absolute atomic E-state index is 12.0. The second kappa shape index (κ2) is 8.48. The smallest absolute Gasteiger partial charge is 0.222 e. The van der Waals surface area contributed by atoms with Crippen LogP contribution in [0.25, 0.3) is 0 Å². The lowest BCUT2D eigenvalue weighted by Gasteiger charge is -2.20. The molecule has 0 aromatic rings. The van der Waals surface area contributed by atoms with Crippen LogP contribution in [0, 0.1) is 0 Å². The summed E-state index contributed by atoms with van der Waals surface area (Å²) in [6, 6.07) is 0. The van der Waals surface area contributed by atoms with Crippen molar-refractivity contribution >= 4 is 5.91 Å². The number of carbonyl (C=O) groups is 1. The molecule has 1 rings (SSSR count). The fraction of sp³-hybridized carbons (Fsp3) is 0.923. The number of likely N-dealkylation sites (N-methyl/N-ethyl adjacent to an activating group) is 1. The Morgan fingerprint density at radius 2 is 1.82 bits per heavy atom. The van der Waals surface area contributed by atoms with E-state index in [9.17, 15) is 4.79 Å². The molecule has 0 saturated carbocycles. The predicted molar refractivity (Wildman–Crippen MR) is 70.8 cm³/mol. The van der Waals surface area contributed by atoms with Crippen molar-refractivity contribution in [3.63, 3.8) is 0 Å². The molecule has 0 aromatic carbocycles. The molecule has 1 amide bonds. The first-order valence-electron chi connectivity index (χ1n) is 6.90. The maximum atomic E-state index is 12.0. The van der Waals surface area contributed by atoms with Crippen molar-refractivity contribution in [1.82, 2.24) is 9.80 Å². The maximum Gasteiger partial charge on any atom is 0.222 e. The molecular weight excluding hydrogens is 214 g/mol. The highest BCUT2D eigenvalue weighted by Crippen LogP contribution is 2.08. The van der Waals surface area contributed by atoms with Gasteiger partial charge in [0.05, 0.1) is 0 Å². The van der Waals surface area contributed by atoms with Crippen molar-refractivity contribution in [2.75, 3.05) is 39.8 Å². The van der Waals surface area contributed by atoms with E-state index in [0.29, 0.717) is 12.3 Å². The summed E-state index contributed by atoms with van der Waals surface area (Å²) in [5, 5.41) is 0. The Balaban J connectivity index is 2.13. The minimum atomic E-state index is 0.341. The van der Waals surface area contributed by atoms with E-state index in [1.165, 1.54) is 0 Å². The summed E-state index contributed by atoms with van der Waals surface area (Å²) in [7, 11) is 2.13. The number of amides is 1. The highest BCUT2D eigenvalue weighted by Gasteiger charge is 2.16. The van der Waals surface area contributed by atoms with Crippen LogP contribution in [-0.4, -0.2) is 55.5 Å². The summed E-state index contributed by atoms with van der Waals surface area (Å²) >= 11 is 0. The Hall–Kier alpha value is -0.610. The van der Waals surface area contributed by atoms with E-state index >= 15 is 0 Å². The van der Waals surface area contributed by atoms with Crippen molar-refractivity contribution < 1.29 is 4.79 Å². The normalized spacial score (nSPS) is 18.1. The van der Waals surface area contributed by atoms with Crippen LogP contribution in [-0.2, 0) is 4.79 Å². The molecule has 1 saturated heterocycles.